The molecule has 0 aliphatic carbocycles. The van der Waals surface area contributed by atoms with Gasteiger partial charge in [0.1, 0.15) is 11.4 Å². The summed E-state index contributed by atoms with van der Waals surface area (Å²) in [5, 5.41) is 21.1. The highest BCUT2D eigenvalue weighted by Gasteiger charge is 2.11. The van der Waals surface area contributed by atoms with Gasteiger partial charge in [-0.2, -0.15) is 0 Å². The topological polar surface area (TPSA) is 86.6 Å². The Balaban J connectivity index is 2.71. The van der Waals surface area contributed by atoms with E-state index < -0.39 is 11.9 Å². The van der Waals surface area contributed by atoms with E-state index >= 15 is 0 Å². The van der Waals surface area contributed by atoms with Crippen LogP contribution in [0.2, 0.25) is 0 Å². The monoisotopic (exact) mass is 201 g/mol. The Bertz CT molecular complexity index is 333. The Morgan fingerprint density at radius 3 is 2.69 bits per heavy atom. The second-order valence-corrected chi connectivity index (χ2v) is 3.13. The molecule has 6 heteroatoms. The summed E-state index contributed by atoms with van der Waals surface area (Å²) in [6.45, 7) is -0.281. The van der Waals surface area contributed by atoms with Gasteiger partial charge in [-0.15, -0.1) is 11.3 Å². The second kappa shape index (κ2) is 3.90. The highest BCUT2D eigenvalue weighted by Crippen LogP contribution is 2.21. The SMILES string of the molecule is O=C(O)CNc1ccsc1C(=O)O. The molecule has 0 spiro atoms. The van der Waals surface area contributed by atoms with Crippen molar-refractivity contribution in [3.8, 4) is 0 Å². The number of carboxylic acids is 2. The smallest absolute Gasteiger partial charge is 0.348 e. The summed E-state index contributed by atoms with van der Waals surface area (Å²) in [4.78, 5) is 20.8. The molecule has 0 saturated carbocycles. The maximum absolute atomic E-state index is 10.6. The lowest BCUT2D eigenvalue weighted by Crippen LogP contribution is -2.13. The van der Waals surface area contributed by atoms with Crippen LogP contribution >= 0.6 is 11.3 Å². The summed E-state index contributed by atoms with van der Waals surface area (Å²) in [7, 11) is 0. The molecule has 0 bridgehead atoms. The molecule has 0 fully saturated rings. The lowest BCUT2D eigenvalue weighted by Gasteiger charge is -2.00. The zero-order valence-electron chi connectivity index (χ0n) is 6.48. The molecule has 0 unspecified atom stereocenters. The van der Waals surface area contributed by atoms with E-state index in [0.29, 0.717) is 5.69 Å². The predicted octanol–water partition coefficient (Wildman–Crippen LogP) is 0.943. The van der Waals surface area contributed by atoms with Crippen molar-refractivity contribution in [1.29, 1.82) is 0 Å². The van der Waals surface area contributed by atoms with E-state index in [0.717, 1.165) is 11.3 Å². The number of carbonyl (C=O) groups is 2. The third kappa shape index (κ3) is 2.45. The number of hydrogen-bond donors (Lipinski definition) is 3. The first-order valence-corrected chi connectivity index (χ1v) is 4.25. The van der Waals surface area contributed by atoms with E-state index in [4.69, 9.17) is 10.2 Å². The number of rotatable bonds is 4. The normalized spacial score (nSPS) is 9.54. The lowest BCUT2D eigenvalue weighted by atomic mass is 10.4. The van der Waals surface area contributed by atoms with Crippen LogP contribution in [0.25, 0.3) is 0 Å². The molecule has 1 rings (SSSR count). The van der Waals surface area contributed by atoms with E-state index in [-0.39, 0.29) is 11.4 Å². The highest BCUT2D eigenvalue weighted by molar-refractivity contribution is 7.12. The largest absolute Gasteiger partial charge is 0.480 e. The summed E-state index contributed by atoms with van der Waals surface area (Å²) in [5.41, 5.74) is 0.347. The van der Waals surface area contributed by atoms with E-state index in [1.165, 1.54) is 6.07 Å². The fourth-order valence-corrected chi connectivity index (χ4v) is 1.49. The van der Waals surface area contributed by atoms with Crippen molar-refractivity contribution in [2.45, 2.75) is 0 Å². The van der Waals surface area contributed by atoms with Crippen LogP contribution in [0.4, 0.5) is 5.69 Å². The van der Waals surface area contributed by atoms with Gasteiger partial charge in [0.15, 0.2) is 0 Å². The Hall–Kier alpha value is -1.56. The number of nitrogens with one attached hydrogen (secondary N) is 1. The quantitative estimate of drug-likeness (QED) is 0.675. The first-order chi connectivity index (χ1) is 6.11. The molecular formula is C7H7NO4S. The maximum atomic E-state index is 10.6. The van der Waals surface area contributed by atoms with Crippen LogP contribution in [-0.4, -0.2) is 28.7 Å². The van der Waals surface area contributed by atoms with Crippen molar-refractivity contribution in [3.05, 3.63) is 16.3 Å². The number of carboxylic acid groups (broad SMARTS) is 2. The number of hydrogen-bond acceptors (Lipinski definition) is 4. The Morgan fingerprint density at radius 1 is 1.46 bits per heavy atom. The zero-order valence-corrected chi connectivity index (χ0v) is 7.30. The second-order valence-electron chi connectivity index (χ2n) is 2.22. The molecular weight excluding hydrogens is 194 g/mol. The third-order valence-electron chi connectivity index (χ3n) is 1.29. The Morgan fingerprint density at radius 2 is 2.15 bits per heavy atom. The summed E-state index contributed by atoms with van der Waals surface area (Å²) in [6, 6.07) is 1.54. The Kier molecular flexibility index (Phi) is 2.86. The summed E-state index contributed by atoms with van der Waals surface area (Å²) in [6.07, 6.45) is 0. The molecule has 13 heavy (non-hydrogen) atoms. The first kappa shape index (κ1) is 9.53. The van der Waals surface area contributed by atoms with Gasteiger partial charge in [0, 0.05) is 0 Å². The molecule has 70 valence electrons. The van der Waals surface area contributed by atoms with Gasteiger partial charge in [-0.1, -0.05) is 0 Å². The fraction of sp³-hybridized carbons (Fsp3) is 0.143. The first-order valence-electron chi connectivity index (χ1n) is 3.37. The number of aromatic carboxylic acids is 1. The molecule has 1 aromatic heterocycles. The molecule has 0 atom stereocenters. The summed E-state index contributed by atoms with van der Waals surface area (Å²) >= 11 is 1.05. The van der Waals surface area contributed by atoms with Crippen LogP contribution in [-0.2, 0) is 4.79 Å². The fourth-order valence-electron chi connectivity index (χ4n) is 0.785. The van der Waals surface area contributed by atoms with Crippen molar-refractivity contribution in [3.63, 3.8) is 0 Å². The van der Waals surface area contributed by atoms with Gasteiger partial charge in [0.05, 0.1) is 5.69 Å². The Labute approximate surface area is 77.6 Å². The average Bonchev–Trinajstić information content (AvgIpc) is 2.47. The van der Waals surface area contributed by atoms with Crippen molar-refractivity contribution >= 4 is 29.0 Å². The van der Waals surface area contributed by atoms with Gasteiger partial charge in [-0.25, -0.2) is 4.79 Å². The maximum Gasteiger partial charge on any atom is 0.348 e. The number of thiophene rings is 1. The minimum absolute atomic E-state index is 0.126. The van der Waals surface area contributed by atoms with Gasteiger partial charge in [-0.05, 0) is 11.4 Å². The van der Waals surface area contributed by atoms with Crippen molar-refractivity contribution in [2.24, 2.45) is 0 Å². The number of anilines is 1. The van der Waals surface area contributed by atoms with Gasteiger partial charge in [-0.3, -0.25) is 4.79 Å². The van der Waals surface area contributed by atoms with E-state index in [1.807, 2.05) is 0 Å². The van der Waals surface area contributed by atoms with Gasteiger partial charge >= 0.3 is 11.9 Å². The predicted molar refractivity (Wildman–Crippen MR) is 47.4 cm³/mol. The molecule has 1 heterocycles. The third-order valence-corrected chi connectivity index (χ3v) is 2.19. The zero-order chi connectivity index (χ0) is 9.84. The lowest BCUT2D eigenvalue weighted by molar-refractivity contribution is -0.134. The van der Waals surface area contributed by atoms with Crippen molar-refractivity contribution in [1.82, 2.24) is 0 Å². The minimum Gasteiger partial charge on any atom is -0.480 e. The van der Waals surface area contributed by atoms with E-state index in [1.54, 1.807) is 5.38 Å². The minimum atomic E-state index is -1.05. The molecule has 0 aliphatic heterocycles. The molecule has 0 radical (unpaired) electrons. The van der Waals surface area contributed by atoms with E-state index in [2.05, 4.69) is 5.32 Å². The molecule has 0 saturated heterocycles. The number of aliphatic carboxylic acids is 1. The molecule has 0 aliphatic rings. The molecule has 1 aromatic rings. The van der Waals surface area contributed by atoms with Crippen molar-refractivity contribution in [2.75, 3.05) is 11.9 Å². The van der Waals surface area contributed by atoms with E-state index in [9.17, 15) is 9.59 Å². The summed E-state index contributed by atoms with van der Waals surface area (Å²) < 4.78 is 0. The molecule has 3 N–H and O–H groups in total. The standard InChI is InChI=1S/C7H7NO4S/c9-5(10)3-8-4-1-2-13-6(4)7(11)12/h1-2,8H,3H2,(H,9,10)(H,11,12). The van der Waals surface area contributed by atoms with Crippen LogP contribution in [0, 0.1) is 0 Å². The van der Waals surface area contributed by atoms with Gasteiger partial charge in [0.2, 0.25) is 0 Å². The summed E-state index contributed by atoms with van der Waals surface area (Å²) in [5.74, 6) is -2.08. The average molecular weight is 201 g/mol. The highest BCUT2D eigenvalue weighted by atomic mass is 32.1. The van der Waals surface area contributed by atoms with Crippen LogP contribution in [0.5, 0.6) is 0 Å². The molecule has 5 nitrogen and oxygen atoms in total. The molecule has 0 aromatic carbocycles. The van der Waals surface area contributed by atoms with Crippen LogP contribution in [0.1, 0.15) is 9.67 Å². The van der Waals surface area contributed by atoms with Crippen LogP contribution in [0.3, 0.4) is 0 Å². The van der Waals surface area contributed by atoms with Gasteiger partial charge in [0.25, 0.3) is 0 Å². The van der Waals surface area contributed by atoms with Crippen molar-refractivity contribution < 1.29 is 19.8 Å². The van der Waals surface area contributed by atoms with Crippen LogP contribution < -0.4 is 5.32 Å². The molecule has 0 amide bonds. The van der Waals surface area contributed by atoms with Crippen LogP contribution in [0.15, 0.2) is 11.4 Å². The van der Waals surface area contributed by atoms with Gasteiger partial charge < -0.3 is 15.5 Å².